The van der Waals surface area contributed by atoms with Crippen LogP contribution in [0.2, 0.25) is 0 Å². The van der Waals surface area contributed by atoms with Crippen molar-refractivity contribution in [3.8, 4) is 0 Å². The van der Waals surface area contributed by atoms with Gasteiger partial charge in [-0.05, 0) is 17.7 Å². The topological polar surface area (TPSA) is 57.2 Å². The Kier molecular flexibility index (Phi) is 2.68. The van der Waals surface area contributed by atoms with E-state index in [0.717, 1.165) is 18.2 Å². The molecule has 0 heterocycles. The van der Waals surface area contributed by atoms with Gasteiger partial charge in [-0.1, -0.05) is 12.7 Å². The van der Waals surface area contributed by atoms with Crippen molar-refractivity contribution >= 4 is 16.2 Å². The van der Waals surface area contributed by atoms with Crippen LogP contribution in [0, 0.1) is 11.6 Å². The molecule has 0 bridgehead atoms. The summed E-state index contributed by atoms with van der Waals surface area (Å²) in [6.45, 7) is 3.24. The standard InChI is InChI=1S/C8H6F2O3S/c1-2-5-3-6(9)8(7(10)4-5)14(11,12)13/h2-4H,1H2,(H,11,12,13)/p-1. The second kappa shape index (κ2) is 3.47. The first kappa shape index (κ1) is 10.8. The van der Waals surface area contributed by atoms with Crippen molar-refractivity contribution in [2.45, 2.75) is 4.90 Å². The number of rotatable bonds is 2. The van der Waals surface area contributed by atoms with Crippen LogP contribution in [-0.4, -0.2) is 13.0 Å². The highest BCUT2D eigenvalue weighted by molar-refractivity contribution is 7.85. The summed E-state index contributed by atoms with van der Waals surface area (Å²) in [7, 11) is -5.12. The lowest BCUT2D eigenvalue weighted by atomic mass is 10.2. The minimum atomic E-state index is -5.12. The Labute approximate surface area is 79.4 Å². The third-order valence-corrected chi connectivity index (χ3v) is 2.40. The van der Waals surface area contributed by atoms with Gasteiger partial charge < -0.3 is 4.55 Å². The van der Waals surface area contributed by atoms with Crippen molar-refractivity contribution in [3.05, 3.63) is 35.9 Å². The van der Waals surface area contributed by atoms with Crippen LogP contribution < -0.4 is 0 Å². The van der Waals surface area contributed by atoms with Crippen molar-refractivity contribution in [3.63, 3.8) is 0 Å². The zero-order chi connectivity index (χ0) is 10.9. The molecule has 0 spiro atoms. The van der Waals surface area contributed by atoms with Gasteiger partial charge in [0.25, 0.3) is 0 Å². The summed E-state index contributed by atoms with van der Waals surface area (Å²) in [5, 5.41) is 0. The van der Waals surface area contributed by atoms with E-state index in [9.17, 15) is 21.8 Å². The van der Waals surface area contributed by atoms with Gasteiger partial charge >= 0.3 is 0 Å². The summed E-state index contributed by atoms with van der Waals surface area (Å²) in [5.74, 6) is -2.82. The molecule has 3 nitrogen and oxygen atoms in total. The van der Waals surface area contributed by atoms with Crippen molar-refractivity contribution in [2.24, 2.45) is 0 Å². The lowest BCUT2D eigenvalue weighted by Crippen LogP contribution is -2.05. The van der Waals surface area contributed by atoms with Crippen molar-refractivity contribution in [2.75, 3.05) is 0 Å². The molecule has 0 amide bonds. The molecule has 14 heavy (non-hydrogen) atoms. The summed E-state index contributed by atoms with van der Waals surface area (Å²) in [4.78, 5) is -1.46. The van der Waals surface area contributed by atoms with Crippen molar-refractivity contribution in [1.82, 2.24) is 0 Å². The maximum atomic E-state index is 12.9. The first-order valence-corrected chi connectivity index (χ1v) is 4.84. The van der Waals surface area contributed by atoms with Crippen LogP contribution in [-0.2, 0) is 10.1 Å². The van der Waals surface area contributed by atoms with Gasteiger partial charge in [0.05, 0.1) is 0 Å². The molecule has 0 aliphatic rings. The lowest BCUT2D eigenvalue weighted by molar-refractivity contribution is 0.441. The second-order valence-corrected chi connectivity index (χ2v) is 3.79. The quantitative estimate of drug-likeness (QED) is 0.708. The molecule has 0 fully saturated rings. The van der Waals surface area contributed by atoms with Gasteiger partial charge in [0.15, 0.2) is 0 Å². The second-order valence-electron chi connectivity index (χ2n) is 2.47. The molecule has 1 aromatic carbocycles. The molecule has 0 radical (unpaired) electrons. The third-order valence-electron chi connectivity index (χ3n) is 1.51. The maximum Gasteiger partial charge on any atom is 0.144 e. The van der Waals surface area contributed by atoms with Crippen LogP contribution in [0.1, 0.15) is 5.56 Å². The molecule has 0 unspecified atom stereocenters. The van der Waals surface area contributed by atoms with E-state index in [4.69, 9.17) is 0 Å². The summed E-state index contributed by atoms with van der Waals surface area (Å²) < 4.78 is 57.1. The van der Waals surface area contributed by atoms with Gasteiger partial charge in [-0.2, -0.15) is 0 Å². The van der Waals surface area contributed by atoms with Crippen LogP contribution in [0.25, 0.3) is 6.08 Å². The Morgan fingerprint density at radius 3 is 2.00 bits per heavy atom. The molecule has 0 saturated carbocycles. The predicted molar refractivity (Wildman–Crippen MR) is 44.4 cm³/mol. The Morgan fingerprint density at radius 2 is 1.71 bits per heavy atom. The smallest absolute Gasteiger partial charge is 0.144 e. The van der Waals surface area contributed by atoms with Gasteiger partial charge in [-0.15, -0.1) is 0 Å². The highest BCUT2D eigenvalue weighted by Gasteiger charge is 2.15. The molecule has 0 aliphatic heterocycles. The molecule has 0 atom stereocenters. The molecular formula is C8H5F2O3S-. The number of hydrogen-bond donors (Lipinski definition) is 0. The molecule has 76 valence electrons. The Balaban J connectivity index is 3.56. The largest absolute Gasteiger partial charge is 0.744 e. The molecular weight excluding hydrogens is 214 g/mol. The summed E-state index contributed by atoms with van der Waals surface area (Å²) >= 11 is 0. The lowest BCUT2D eigenvalue weighted by Gasteiger charge is -2.09. The van der Waals surface area contributed by atoms with E-state index >= 15 is 0 Å². The number of benzene rings is 1. The van der Waals surface area contributed by atoms with E-state index in [1.807, 2.05) is 0 Å². The molecule has 6 heteroatoms. The SMILES string of the molecule is C=Cc1cc(F)c(S(=O)(=O)[O-])c(F)c1. The highest BCUT2D eigenvalue weighted by atomic mass is 32.2. The Bertz CT molecular complexity index is 456. The van der Waals surface area contributed by atoms with E-state index in [1.54, 1.807) is 0 Å². The Morgan fingerprint density at radius 1 is 1.29 bits per heavy atom. The van der Waals surface area contributed by atoms with Crippen molar-refractivity contribution in [1.29, 1.82) is 0 Å². The van der Waals surface area contributed by atoms with Gasteiger partial charge in [-0.25, -0.2) is 17.2 Å². The van der Waals surface area contributed by atoms with Gasteiger partial charge in [-0.3, -0.25) is 0 Å². The van der Waals surface area contributed by atoms with Gasteiger partial charge in [0.1, 0.15) is 26.6 Å². The minimum Gasteiger partial charge on any atom is -0.744 e. The molecule has 0 aliphatic carbocycles. The summed E-state index contributed by atoms with van der Waals surface area (Å²) in [6.07, 6.45) is 1.13. The van der Waals surface area contributed by atoms with Crippen LogP contribution in [0.4, 0.5) is 8.78 Å². The van der Waals surface area contributed by atoms with E-state index in [0.29, 0.717) is 0 Å². The molecule has 1 aromatic rings. The molecule has 0 aromatic heterocycles. The van der Waals surface area contributed by atoms with Crippen LogP contribution in [0.15, 0.2) is 23.6 Å². The van der Waals surface area contributed by atoms with E-state index in [2.05, 4.69) is 6.58 Å². The van der Waals surface area contributed by atoms with E-state index in [-0.39, 0.29) is 5.56 Å². The maximum absolute atomic E-state index is 12.9. The zero-order valence-electron chi connectivity index (χ0n) is 6.83. The summed E-state index contributed by atoms with van der Waals surface area (Å²) in [5.41, 5.74) is 0.0624. The van der Waals surface area contributed by atoms with E-state index in [1.165, 1.54) is 0 Å². The minimum absolute atomic E-state index is 0.0624. The number of halogens is 2. The average Bonchev–Trinajstić information content (AvgIpc) is 1.99. The van der Waals surface area contributed by atoms with Gasteiger partial charge in [0, 0.05) is 0 Å². The fourth-order valence-electron chi connectivity index (χ4n) is 0.936. The monoisotopic (exact) mass is 219 g/mol. The molecule has 0 N–H and O–H groups in total. The van der Waals surface area contributed by atoms with Crippen molar-refractivity contribution < 1.29 is 21.8 Å². The molecule has 1 rings (SSSR count). The first-order chi connectivity index (χ1) is 6.36. The number of hydrogen-bond acceptors (Lipinski definition) is 3. The Hall–Kier alpha value is -1.27. The first-order valence-electron chi connectivity index (χ1n) is 3.43. The predicted octanol–water partition coefficient (Wildman–Crippen LogP) is 1.51. The zero-order valence-corrected chi connectivity index (χ0v) is 7.64. The fourth-order valence-corrected chi connectivity index (χ4v) is 1.53. The average molecular weight is 219 g/mol. The summed E-state index contributed by atoms with van der Waals surface area (Å²) in [6, 6.07) is 1.45. The van der Waals surface area contributed by atoms with Crippen LogP contribution in [0.5, 0.6) is 0 Å². The third kappa shape index (κ3) is 1.97. The fraction of sp³-hybridized carbons (Fsp3) is 0. The van der Waals surface area contributed by atoms with Crippen LogP contribution in [0.3, 0.4) is 0 Å². The van der Waals surface area contributed by atoms with E-state index < -0.39 is 26.6 Å². The molecule has 0 saturated heterocycles. The van der Waals surface area contributed by atoms with Crippen LogP contribution >= 0.6 is 0 Å². The highest BCUT2D eigenvalue weighted by Crippen LogP contribution is 2.20. The van der Waals surface area contributed by atoms with Gasteiger partial charge in [0.2, 0.25) is 0 Å². The normalized spacial score (nSPS) is 11.4.